The number of amides is 1. The van der Waals surface area contributed by atoms with Crippen molar-refractivity contribution in [3.8, 4) is 0 Å². The molecule has 0 saturated carbocycles. The van der Waals surface area contributed by atoms with Gasteiger partial charge in [-0.1, -0.05) is 24.3 Å². The molecule has 0 radical (unpaired) electrons. The minimum Gasteiger partial charge on any atom is -0.325 e. The van der Waals surface area contributed by atoms with Crippen LogP contribution in [0.3, 0.4) is 0 Å². The van der Waals surface area contributed by atoms with Crippen molar-refractivity contribution in [3.63, 3.8) is 0 Å². The SMILES string of the molecule is CC(Cl)c1ccccc1NC(=O)Cc1cccs1. The maximum Gasteiger partial charge on any atom is 0.229 e. The van der Waals surface area contributed by atoms with Crippen LogP contribution in [-0.2, 0) is 11.2 Å². The third-order valence-electron chi connectivity index (χ3n) is 2.58. The number of hydrogen-bond donors (Lipinski definition) is 1. The van der Waals surface area contributed by atoms with Gasteiger partial charge in [0.15, 0.2) is 0 Å². The molecule has 0 spiro atoms. The molecule has 0 fully saturated rings. The van der Waals surface area contributed by atoms with Crippen molar-refractivity contribution in [2.45, 2.75) is 18.7 Å². The third kappa shape index (κ3) is 3.34. The van der Waals surface area contributed by atoms with E-state index in [-0.39, 0.29) is 11.3 Å². The zero-order chi connectivity index (χ0) is 13.0. The maximum atomic E-state index is 11.9. The summed E-state index contributed by atoms with van der Waals surface area (Å²) in [6.45, 7) is 1.89. The van der Waals surface area contributed by atoms with Crippen LogP contribution in [0.1, 0.15) is 22.7 Å². The fourth-order valence-corrected chi connectivity index (χ4v) is 2.62. The van der Waals surface area contributed by atoms with Crippen molar-refractivity contribution in [1.29, 1.82) is 0 Å². The highest BCUT2D eigenvalue weighted by atomic mass is 35.5. The Labute approximate surface area is 116 Å². The predicted molar refractivity (Wildman–Crippen MR) is 77.4 cm³/mol. The summed E-state index contributed by atoms with van der Waals surface area (Å²) < 4.78 is 0. The van der Waals surface area contributed by atoms with Crippen molar-refractivity contribution < 1.29 is 4.79 Å². The van der Waals surface area contributed by atoms with E-state index in [9.17, 15) is 4.79 Å². The largest absolute Gasteiger partial charge is 0.325 e. The minimum absolute atomic E-state index is 0.0118. The molecule has 18 heavy (non-hydrogen) atoms. The van der Waals surface area contributed by atoms with E-state index >= 15 is 0 Å². The number of carbonyl (C=O) groups is 1. The zero-order valence-corrected chi connectivity index (χ0v) is 11.6. The number of alkyl halides is 1. The van der Waals surface area contributed by atoms with Crippen LogP contribution in [-0.4, -0.2) is 5.91 Å². The molecule has 0 aliphatic rings. The van der Waals surface area contributed by atoms with Crippen LogP contribution in [0, 0.1) is 0 Å². The predicted octanol–water partition coefficient (Wildman–Crippen LogP) is 4.23. The van der Waals surface area contributed by atoms with E-state index in [0.29, 0.717) is 6.42 Å². The van der Waals surface area contributed by atoms with E-state index in [2.05, 4.69) is 5.32 Å². The lowest BCUT2D eigenvalue weighted by Gasteiger charge is -2.12. The monoisotopic (exact) mass is 279 g/mol. The fourth-order valence-electron chi connectivity index (χ4n) is 1.72. The molecule has 2 aromatic rings. The van der Waals surface area contributed by atoms with E-state index in [0.717, 1.165) is 16.1 Å². The van der Waals surface area contributed by atoms with E-state index in [4.69, 9.17) is 11.6 Å². The number of hydrogen-bond acceptors (Lipinski definition) is 2. The molecule has 1 atom stereocenters. The average molecular weight is 280 g/mol. The van der Waals surface area contributed by atoms with Gasteiger partial charge in [0.25, 0.3) is 0 Å². The number of anilines is 1. The number of rotatable bonds is 4. The van der Waals surface area contributed by atoms with E-state index in [1.54, 1.807) is 11.3 Å². The Morgan fingerprint density at radius 1 is 1.33 bits per heavy atom. The summed E-state index contributed by atoms with van der Waals surface area (Å²) in [4.78, 5) is 13.0. The molecule has 2 rings (SSSR count). The molecule has 1 N–H and O–H groups in total. The second-order valence-corrected chi connectivity index (χ2v) is 5.69. The smallest absolute Gasteiger partial charge is 0.229 e. The molecule has 0 aliphatic heterocycles. The van der Waals surface area contributed by atoms with Gasteiger partial charge in [-0.05, 0) is 30.0 Å². The fraction of sp³-hybridized carbons (Fsp3) is 0.214. The Hall–Kier alpha value is -1.32. The standard InChI is InChI=1S/C14H14ClNOS/c1-10(15)12-6-2-3-7-13(12)16-14(17)9-11-5-4-8-18-11/h2-8,10H,9H2,1H3,(H,16,17). The maximum absolute atomic E-state index is 11.9. The summed E-state index contributed by atoms with van der Waals surface area (Å²) in [5.41, 5.74) is 1.74. The number of carbonyl (C=O) groups excluding carboxylic acids is 1. The Morgan fingerprint density at radius 2 is 2.11 bits per heavy atom. The van der Waals surface area contributed by atoms with Crippen molar-refractivity contribution in [2.24, 2.45) is 0 Å². The number of benzene rings is 1. The van der Waals surface area contributed by atoms with Gasteiger partial charge in [0, 0.05) is 10.6 Å². The first-order chi connectivity index (χ1) is 8.66. The zero-order valence-electron chi connectivity index (χ0n) is 10.0. The molecule has 1 aromatic carbocycles. The van der Waals surface area contributed by atoms with Crippen LogP contribution >= 0.6 is 22.9 Å². The van der Waals surface area contributed by atoms with Gasteiger partial charge in [0.2, 0.25) is 5.91 Å². The van der Waals surface area contributed by atoms with Crippen LogP contribution in [0.25, 0.3) is 0 Å². The van der Waals surface area contributed by atoms with Gasteiger partial charge < -0.3 is 5.32 Å². The molecule has 1 amide bonds. The molecule has 0 bridgehead atoms. The first-order valence-electron chi connectivity index (χ1n) is 5.72. The first kappa shape index (κ1) is 13.1. The molecule has 1 heterocycles. The molecule has 2 nitrogen and oxygen atoms in total. The van der Waals surface area contributed by atoms with Crippen molar-refractivity contribution in [3.05, 3.63) is 52.2 Å². The normalized spacial score (nSPS) is 12.1. The van der Waals surface area contributed by atoms with Gasteiger partial charge >= 0.3 is 0 Å². The highest BCUT2D eigenvalue weighted by Gasteiger charge is 2.10. The van der Waals surface area contributed by atoms with Gasteiger partial charge in [-0.25, -0.2) is 0 Å². The quantitative estimate of drug-likeness (QED) is 0.834. The van der Waals surface area contributed by atoms with Crippen LogP contribution in [0.5, 0.6) is 0 Å². The van der Waals surface area contributed by atoms with E-state index < -0.39 is 0 Å². The average Bonchev–Trinajstić information content (AvgIpc) is 2.82. The molecule has 0 saturated heterocycles. The van der Waals surface area contributed by atoms with E-state index in [1.807, 2.05) is 48.7 Å². The van der Waals surface area contributed by atoms with Gasteiger partial charge in [-0.3, -0.25) is 4.79 Å². The lowest BCUT2D eigenvalue weighted by molar-refractivity contribution is -0.115. The molecule has 94 valence electrons. The lowest BCUT2D eigenvalue weighted by atomic mass is 10.1. The summed E-state index contributed by atoms with van der Waals surface area (Å²) in [7, 11) is 0. The molecule has 1 unspecified atom stereocenters. The van der Waals surface area contributed by atoms with Crippen LogP contribution in [0.2, 0.25) is 0 Å². The number of thiophene rings is 1. The Kier molecular flexibility index (Phi) is 4.39. The van der Waals surface area contributed by atoms with E-state index in [1.165, 1.54) is 0 Å². The van der Waals surface area contributed by atoms with Gasteiger partial charge in [0.05, 0.1) is 11.8 Å². The van der Waals surface area contributed by atoms with Crippen LogP contribution in [0.15, 0.2) is 41.8 Å². The summed E-state index contributed by atoms with van der Waals surface area (Å²) in [6.07, 6.45) is 0.405. The Morgan fingerprint density at radius 3 is 2.78 bits per heavy atom. The number of halogens is 1. The van der Waals surface area contributed by atoms with Gasteiger partial charge in [-0.2, -0.15) is 0 Å². The highest BCUT2D eigenvalue weighted by molar-refractivity contribution is 7.10. The minimum atomic E-state index is -0.122. The molecular formula is C14H14ClNOS. The Balaban J connectivity index is 2.07. The number of nitrogens with one attached hydrogen (secondary N) is 1. The molecular weight excluding hydrogens is 266 g/mol. The van der Waals surface area contributed by atoms with Crippen LogP contribution < -0.4 is 5.32 Å². The third-order valence-corrected chi connectivity index (χ3v) is 3.69. The summed E-state index contributed by atoms with van der Waals surface area (Å²) in [5.74, 6) is -0.0118. The Bertz CT molecular complexity index is 522. The topological polar surface area (TPSA) is 29.1 Å². The molecule has 1 aromatic heterocycles. The number of para-hydroxylation sites is 1. The summed E-state index contributed by atoms with van der Waals surface area (Å²) >= 11 is 7.67. The summed E-state index contributed by atoms with van der Waals surface area (Å²) in [6, 6.07) is 11.5. The first-order valence-corrected chi connectivity index (χ1v) is 7.03. The van der Waals surface area contributed by atoms with Crippen molar-refractivity contribution >= 4 is 34.5 Å². The lowest BCUT2D eigenvalue weighted by Crippen LogP contribution is -2.15. The van der Waals surface area contributed by atoms with Crippen molar-refractivity contribution in [1.82, 2.24) is 0 Å². The van der Waals surface area contributed by atoms with Gasteiger partial charge in [-0.15, -0.1) is 22.9 Å². The second kappa shape index (κ2) is 6.03. The van der Waals surface area contributed by atoms with Crippen LogP contribution in [0.4, 0.5) is 5.69 Å². The highest BCUT2D eigenvalue weighted by Crippen LogP contribution is 2.27. The second-order valence-electron chi connectivity index (χ2n) is 4.01. The molecule has 0 aliphatic carbocycles. The van der Waals surface area contributed by atoms with Gasteiger partial charge in [0.1, 0.15) is 0 Å². The van der Waals surface area contributed by atoms with Crippen molar-refractivity contribution in [2.75, 3.05) is 5.32 Å². The molecule has 4 heteroatoms. The summed E-state index contributed by atoms with van der Waals surface area (Å²) in [5, 5.41) is 4.76.